The van der Waals surface area contributed by atoms with E-state index < -0.39 is 0 Å². The number of benzene rings is 2. The van der Waals surface area contributed by atoms with Crippen molar-refractivity contribution in [1.29, 1.82) is 0 Å². The number of rotatable bonds is 6. The van der Waals surface area contributed by atoms with Crippen molar-refractivity contribution in [3.8, 4) is 5.75 Å². The van der Waals surface area contributed by atoms with Crippen LogP contribution in [0.3, 0.4) is 0 Å². The third kappa shape index (κ3) is 3.59. The zero-order chi connectivity index (χ0) is 14.4. The molecule has 0 spiro atoms. The normalized spacial score (nSPS) is 12.4. The van der Waals surface area contributed by atoms with Gasteiger partial charge in [-0.05, 0) is 30.3 Å². The van der Waals surface area contributed by atoms with E-state index in [1.165, 1.54) is 5.56 Å². The molecule has 0 aliphatic heterocycles. The fourth-order valence-electron chi connectivity index (χ4n) is 2.31. The van der Waals surface area contributed by atoms with E-state index in [1.807, 2.05) is 49.5 Å². The zero-order valence-corrected chi connectivity index (χ0v) is 12.0. The van der Waals surface area contributed by atoms with E-state index >= 15 is 0 Å². The van der Waals surface area contributed by atoms with E-state index in [2.05, 4.69) is 17.0 Å². The first-order valence-corrected chi connectivity index (χ1v) is 6.73. The lowest BCUT2D eigenvalue weighted by atomic mass is 10.1. The van der Waals surface area contributed by atoms with Crippen LogP contribution in [0.1, 0.15) is 17.2 Å². The maximum absolute atomic E-state index is 9.68. The average molecular weight is 271 g/mol. The van der Waals surface area contributed by atoms with Gasteiger partial charge in [0.15, 0.2) is 0 Å². The van der Waals surface area contributed by atoms with Gasteiger partial charge in [0, 0.05) is 6.54 Å². The average Bonchev–Trinajstić information content (AvgIpc) is 2.49. The lowest BCUT2D eigenvalue weighted by molar-refractivity contribution is 0.142. The quantitative estimate of drug-likeness (QED) is 0.877. The van der Waals surface area contributed by atoms with Gasteiger partial charge in [-0.25, -0.2) is 0 Å². The molecule has 2 aromatic rings. The molecule has 1 N–H and O–H groups in total. The molecule has 0 aliphatic carbocycles. The first-order valence-electron chi connectivity index (χ1n) is 6.73. The number of methoxy groups -OCH3 is 1. The molecule has 20 heavy (non-hydrogen) atoms. The first kappa shape index (κ1) is 14.6. The summed E-state index contributed by atoms with van der Waals surface area (Å²) >= 11 is 0. The second-order valence-corrected chi connectivity index (χ2v) is 4.87. The molecule has 0 bridgehead atoms. The molecule has 0 fully saturated rings. The largest absolute Gasteiger partial charge is 0.497 e. The summed E-state index contributed by atoms with van der Waals surface area (Å²) in [6.07, 6.45) is 0. The number of nitrogens with zero attached hydrogens (tertiary/aromatic N) is 1. The lowest BCUT2D eigenvalue weighted by Crippen LogP contribution is -2.26. The predicted octanol–water partition coefficient (Wildman–Crippen LogP) is 2.86. The van der Waals surface area contributed by atoms with Crippen LogP contribution < -0.4 is 4.74 Å². The van der Waals surface area contributed by atoms with Crippen LogP contribution in [0.4, 0.5) is 0 Å². The molecule has 0 aromatic heterocycles. The van der Waals surface area contributed by atoms with E-state index in [0.717, 1.165) is 17.9 Å². The van der Waals surface area contributed by atoms with Gasteiger partial charge in [-0.1, -0.05) is 42.5 Å². The summed E-state index contributed by atoms with van der Waals surface area (Å²) in [5.74, 6) is 0.830. The molecule has 0 unspecified atom stereocenters. The number of hydrogen-bond acceptors (Lipinski definition) is 3. The van der Waals surface area contributed by atoms with Crippen LogP contribution in [-0.4, -0.2) is 30.8 Å². The molecule has 0 heterocycles. The van der Waals surface area contributed by atoms with E-state index in [1.54, 1.807) is 7.11 Å². The van der Waals surface area contributed by atoms with Crippen LogP contribution in [0.15, 0.2) is 54.6 Å². The molecule has 106 valence electrons. The number of aliphatic hydroxyl groups is 1. The lowest BCUT2D eigenvalue weighted by Gasteiger charge is -2.27. The Bertz CT molecular complexity index is 510. The Labute approximate surface area is 120 Å². The van der Waals surface area contributed by atoms with Crippen LogP contribution in [0.25, 0.3) is 0 Å². The van der Waals surface area contributed by atoms with Crippen molar-refractivity contribution in [3.05, 3.63) is 65.7 Å². The molecule has 3 nitrogen and oxygen atoms in total. The van der Waals surface area contributed by atoms with Crippen LogP contribution in [-0.2, 0) is 6.54 Å². The number of hydrogen-bond donors (Lipinski definition) is 1. The van der Waals surface area contributed by atoms with Gasteiger partial charge in [-0.3, -0.25) is 4.90 Å². The van der Waals surface area contributed by atoms with Crippen molar-refractivity contribution in [2.45, 2.75) is 12.6 Å². The maximum atomic E-state index is 9.68. The molecule has 2 aromatic carbocycles. The minimum atomic E-state index is -0.0129. The molecule has 3 heteroatoms. The molecule has 0 radical (unpaired) electrons. The van der Waals surface area contributed by atoms with Crippen LogP contribution in [0, 0.1) is 0 Å². The third-order valence-electron chi connectivity index (χ3n) is 3.48. The van der Waals surface area contributed by atoms with E-state index in [-0.39, 0.29) is 12.6 Å². The molecule has 0 amide bonds. The summed E-state index contributed by atoms with van der Waals surface area (Å²) in [4.78, 5) is 2.15. The van der Waals surface area contributed by atoms with Crippen LogP contribution in [0.2, 0.25) is 0 Å². The predicted molar refractivity (Wildman–Crippen MR) is 80.7 cm³/mol. The van der Waals surface area contributed by atoms with Crippen LogP contribution >= 0.6 is 0 Å². The fraction of sp³-hybridized carbons (Fsp3) is 0.294. The van der Waals surface area contributed by atoms with Crippen molar-refractivity contribution >= 4 is 0 Å². The van der Waals surface area contributed by atoms with Crippen molar-refractivity contribution in [1.82, 2.24) is 4.90 Å². The Morgan fingerprint density at radius 3 is 2.25 bits per heavy atom. The Balaban J connectivity index is 2.10. The summed E-state index contributed by atoms with van der Waals surface area (Å²) in [5.41, 5.74) is 2.33. The molecule has 1 atom stereocenters. The van der Waals surface area contributed by atoms with Gasteiger partial charge in [0.1, 0.15) is 5.75 Å². The number of aliphatic hydroxyl groups excluding tert-OH is 1. The summed E-state index contributed by atoms with van der Waals surface area (Å²) in [6, 6.07) is 18.1. The van der Waals surface area contributed by atoms with Crippen molar-refractivity contribution in [3.63, 3.8) is 0 Å². The van der Waals surface area contributed by atoms with Gasteiger partial charge in [-0.15, -0.1) is 0 Å². The summed E-state index contributed by atoms with van der Waals surface area (Å²) in [7, 11) is 3.68. The number of ether oxygens (including phenoxy) is 1. The SMILES string of the molecule is COc1ccc([C@H](CO)N(C)Cc2ccccc2)cc1. The minimum Gasteiger partial charge on any atom is -0.497 e. The van der Waals surface area contributed by atoms with E-state index in [0.29, 0.717) is 0 Å². The highest BCUT2D eigenvalue weighted by Gasteiger charge is 2.16. The van der Waals surface area contributed by atoms with Crippen molar-refractivity contribution in [2.24, 2.45) is 0 Å². The Kier molecular flexibility index (Phi) is 5.16. The molecule has 2 rings (SSSR count). The van der Waals surface area contributed by atoms with Gasteiger partial charge in [0.25, 0.3) is 0 Å². The summed E-state index contributed by atoms with van der Waals surface area (Å²) in [5, 5.41) is 9.68. The Morgan fingerprint density at radius 2 is 1.70 bits per heavy atom. The Morgan fingerprint density at radius 1 is 1.05 bits per heavy atom. The molecular weight excluding hydrogens is 250 g/mol. The smallest absolute Gasteiger partial charge is 0.118 e. The molecule has 0 saturated heterocycles. The highest BCUT2D eigenvalue weighted by Crippen LogP contribution is 2.23. The number of likely N-dealkylation sites (N-methyl/N-ethyl adjacent to an activating group) is 1. The minimum absolute atomic E-state index is 0.0129. The monoisotopic (exact) mass is 271 g/mol. The second kappa shape index (κ2) is 7.08. The van der Waals surface area contributed by atoms with Gasteiger partial charge in [0.05, 0.1) is 19.8 Å². The van der Waals surface area contributed by atoms with Gasteiger partial charge < -0.3 is 9.84 Å². The molecule has 0 aliphatic rings. The molecule has 0 saturated carbocycles. The third-order valence-corrected chi connectivity index (χ3v) is 3.48. The topological polar surface area (TPSA) is 32.7 Å². The first-order chi connectivity index (χ1) is 9.74. The summed E-state index contributed by atoms with van der Waals surface area (Å²) < 4.78 is 5.16. The van der Waals surface area contributed by atoms with Gasteiger partial charge in [-0.2, -0.15) is 0 Å². The van der Waals surface area contributed by atoms with Gasteiger partial charge in [0.2, 0.25) is 0 Å². The highest BCUT2D eigenvalue weighted by molar-refractivity contribution is 5.29. The summed E-state index contributed by atoms with van der Waals surface area (Å²) in [6.45, 7) is 0.897. The van der Waals surface area contributed by atoms with E-state index in [4.69, 9.17) is 4.74 Å². The maximum Gasteiger partial charge on any atom is 0.118 e. The van der Waals surface area contributed by atoms with Crippen molar-refractivity contribution in [2.75, 3.05) is 20.8 Å². The fourth-order valence-corrected chi connectivity index (χ4v) is 2.31. The highest BCUT2D eigenvalue weighted by atomic mass is 16.5. The second-order valence-electron chi connectivity index (χ2n) is 4.87. The van der Waals surface area contributed by atoms with Gasteiger partial charge >= 0.3 is 0 Å². The molecular formula is C17H21NO2. The van der Waals surface area contributed by atoms with E-state index in [9.17, 15) is 5.11 Å². The zero-order valence-electron chi connectivity index (χ0n) is 12.0. The van der Waals surface area contributed by atoms with Crippen molar-refractivity contribution < 1.29 is 9.84 Å². The Hall–Kier alpha value is -1.84. The standard InChI is InChI=1S/C17H21NO2/c1-18(12-14-6-4-3-5-7-14)17(13-19)15-8-10-16(20-2)11-9-15/h3-11,17,19H,12-13H2,1-2H3/t17-/m0/s1. The van der Waals surface area contributed by atoms with Crippen LogP contribution in [0.5, 0.6) is 5.75 Å².